The van der Waals surface area contributed by atoms with Crippen molar-refractivity contribution in [3.63, 3.8) is 0 Å². The van der Waals surface area contributed by atoms with Gasteiger partial charge in [-0.05, 0) is 6.07 Å². The minimum atomic E-state index is 0.166. The van der Waals surface area contributed by atoms with E-state index in [2.05, 4.69) is 4.98 Å². The Bertz CT molecular complexity index is 268. The van der Waals surface area contributed by atoms with Crippen molar-refractivity contribution in [2.45, 2.75) is 6.61 Å². The lowest BCUT2D eigenvalue weighted by Crippen LogP contribution is -2.04. The summed E-state index contributed by atoms with van der Waals surface area (Å²) in [5, 5.41) is 0.917. The van der Waals surface area contributed by atoms with Crippen LogP contribution in [-0.4, -0.2) is 11.7 Å². The van der Waals surface area contributed by atoms with Crippen LogP contribution in [0.3, 0.4) is 0 Å². The van der Waals surface area contributed by atoms with Crippen molar-refractivity contribution in [1.82, 2.24) is 4.98 Å². The summed E-state index contributed by atoms with van der Waals surface area (Å²) >= 11 is 11.4. The van der Waals surface area contributed by atoms with E-state index < -0.39 is 0 Å². The number of nitrogens with zero attached hydrogens (tertiary/aromatic N) is 1. The highest BCUT2D eigenvalue weighted by Gasteiger charge is 2.01. The molecular weight excluding hydrogens is 199 g/mol. The summed E-state index contributed by atoms with van der Waals surface area (Å²) in [5.41, 5.74) is 5.93. The van der Waals surface area contributed by atoms with Crippen molar-refractivity contribution >= 4 is 23.2 Å². The minimum Gasteiger partial charge on any atom is -0.362 e. The van der Waals surface area contributed by atoms with E-state index in [0.717, 1.165) is 5.56 Å². The molecule has 0 aliphatic rings. The van der Waals surface area contributed by atoms with E-state index in [9.17, 15) is 0 Å². The Labute approximate surface area is 80.4 Å². The molecule has 1 rings (SSSR count). The first-order chi connectivity index (χ1) is 5.74. The number of pyridine rings is 1. The SMILES string of the molecule is NCOCc1cnc(Cl)cc1Cl. The van der Waals surface area contributed by atoms with E-state index in [4.69, 9.17) is 33.7 Å². The lowest BCUT2D eigenvalue weighted by Gasteiger charge is -2.02. The van der Waals surface area contributed by atoms with Crippen molar-refractivity contribution in [1.29, 1.82) is 0 Å². The molecule has 1 aromatic heterocycles. The molecule has 0 atom stereocenters. The summed E-state index contributed by atoms with van der Waals surface area (Å²) in [6.07, 6.45) is 1.57. The molecule has 0 radical (unpaired) electrons. The molecule has 0 spiro atoms. The van der Waals surface area contributed by atoms with Crippen LogP contribution in [0.5, 0.6) is 0 Å². The maximum atomic E-state index is 5.82. The average molecular weight is 207 g/mol. The fourth-order valence-corrected chi connectivity index (χ4v) is 1.13. The summed E-state index contributed by atoms with van der Waals surface area (Å²) in [6, 6.07) is 1.57. The molecule has 12 heavy (non-hydrogen) atoms. The first kappa shape index (κ1) is 9.74. The van der Waals surface area contributed by atoms with Crippen LogP contribution in [0.25, 0.3) is 0 Å². The fraction of sp³-hybridized carbons (Fsp3) is 0.286. The molecule has 5 heteroatoms. The summed E-state index contributed by atoms with van der Waals surface area (Å²) < 4.78 is 4.95. The third kappa shape index (κ3) is 2.60. The zero-order chi connectivity index (χ0) is 8.97. The van der Waals surface area contributed by atoms with Crippen LogP contribution in [0, 0.1) is 0 Å². The van der Waals surface area contributed by atoms with Gasteiger partial charge in [0.2, 0.25) is 0 Å². The van der Waals surface area contributed by atoms with Gasteiger partial charge in [0.25, 0.3) is 0 Å². The van der Waals surface area contributed by atoms with Crippen LogP contribution in [0.4, 0.5) is 0 Å². The second-order valence-corrected chi connectivity index (χ2v) is 2.91. The van der Waals surface area contributed by atoms with Crippen LogP contribution < -0.4 is 5.73 Å². The first-order valence-electron chi connectivity index (χ1n) is 3.31. The number of hydrogen-bond acceptors (Lipinski definition) is 3. The van der Waals surface area contributed by atoms with Crippen molar-refractivity contribution in [3.8, 4) is 0 Å². The zero-order valence-corrected chi connectivity index (χ0v) is 7.77. The molecular formula is C7H8Cl2N2O. The molecule has 0 bridgehead atoms. The highest BCUT2D eigenvalue weighted by Crippen LogP contribution is 2.18. The van der Waals surface area contributed by atoms with Gasteiger partial charge in [-0.1, -0.05) is 23.2 Å². The molecule has 1 heterocycles. The summed E-state index contributed by atoms with van der Waals surface area (Å²) in [4.78, 5) is 3.85. The fourth-order valence-electron chi connectivity index (χ4n) is 0.711. The Morgan fingerprint density at radius 3 is 2.83 bits per heavy atom. The third-order valence-corrected chi connectivity index (χ3v) is 1.83. The normalized spacial score (nSPS) is 10.2. The molecule has 3 nitrogen and oxygen atoms in total. The van der Waals surface area contributed by atoms with Gasteiger partial charge in [-0.3, -0.25) is 0 Å². The third-order valence-electron chi connectivity index (χ3n) is 1.27. The highest BCUT2D eigenvalue weighted by atomic mass is 35.5. The summed E-state index contributed by atoms with van der Waals surface area (Å²) in [5.74, 6) is 0. The number of halogens is 2. The quantitative estimate of drug-likeness (QED) is 0.607. The zero-order valence-electron chi connectivity index (χ0n) is 6.26. The van der Waals surface area contributed by atoms with Crippen molar-refractivity contribution in [3.05, 3.63) is 28.0 Å². The van der Waals surface area contributed by atoms with Crippen molar-refractivity contribution < 1.29 is 4.74 Å². The molecule has 66 valence electrons. The molecule has 0 fully saturated rings. The predicted octanol–water partition coefficient (Wildman–Crippen LogP) is 1.82. The van der Waals surface area contributed by atoms with E-state index >= 15 is 0 Å². The van der Waals surface area contributed by atoms with Crippen molar-refractivity contribution in [2.75, 3.05) is 6.73 Å². The largest absolute Gasteiger partial charge is 0.362 e. The maximum absolute atomic E-state index is 5.82. The van der Waals surface area contributed by atoms with Gasteiger partial charge in [0, 0.05) is 11.8 Å². The molecule has 0 aliphatic heterocycles. The smallest absolute Gasteiger partial charge is 0.130 e. The predicted molar refractivity (Wildman–Crippen MR) is 48.1 cm³/mol. The van der Waals surface area contributed by atoms with Gasteiger partial charge < -0.3 is 10.5 Å². The number of ether oxygens (including phenoxy) is 1. The van der Waals surface area contributed by atoms with Gasteiger partial charge >= 0.3 is 0 Å². The number of nitrogens with two attached hydrogens (primary N) is 1. The molecule has 0 aliphatic carbocycles. The monoisotopic (exact) mass is 206 g/mol. The molecule has 0 aromatic carbocycles. The topological polar surface area (TPSA) is 48.1 Å². The van der Waals surface area contributed by atoms with E-state index in [1.807, 2.05) is 0 Å². The molecule has 0 unspecified atom stereocenters. The maximum Gasteiger partial charge on any atom is 0.130 e. The van der Waals surface area contributed by atoms with Gasteiger partial charge in [-0.2, -0.15) is 0 Å². The van der Waals surface area contributed by atoms with Crippen LogP contribution >= 0.6 is 23.2 Å². The Kier molecular flexibility index (Phi) is 3.75. The summed E-state index contributed by atoms with van der Waals surface area (Å²) in [7, 11) is 0. The number of hydrogen-bond donors (Lipinski definition) is 1. The van der Waals surface area contributed by atoms with Gasteiger partial charge in [0.15, 0.2) is 0 Å². The lowest BCUT2D eigenvalue weighted by molar-refractivity contribution is 0.127. The van der Waals surface area contributed by atoms with Crippen LogP contribution in [0.1, 0.15) is 5.56 Å². The lowest BCUT2D eigenvalue weighted by atomic mass is 10.3. The van der Waals surface area contributed by atoms with Crippen molar-refractivity contribution in [2.24, 2.45) is 5.73 Å². The average Bonchev–Trinajstić information content (AvgIpc) is 2.03. The van der Waals surface area contributed by atoms with Gasteiger partial charge in [0.05, 0.1) is 18.4 Å². The van der Waals surface area contributed by atoms with Crippen LogP contribution in [0.15, 0.2) is 12.3 Å². The van der Waals surface area contributed by atoms with E-state index in [-0.39, 0.29) is 6.73 Å². The summed E-state index contributed by atoms with van der Waals surface area (Å²) in [6.45, 7) is 0.526. The Hall–Kier alpha value is -0.350. The molecule has 2 N–H and O–H groups in total. The van der Waals surface area contributed by atoms with E-state index in [0.29, 0.717) is 16.8 Å². The Balaban J connectivity index is 2.72. The Morgan fingerprint density at radius 1 is 1.50 bits per heavy atom. The Morgan fingerprint density at radius 2 is 2.25 bits per heavy atom. The van der Waals surface area contributed by atoms with Crippen LogP contribution in [0.2, 0.25) is 10.2 Å². The van der Waals surface area contributed by atoms with Gasteiger partial charge in [-0.25, -0.2) is 4.98 Å². The van der Waals surface area contributed by atoms with Gasteiger partial charge in [0.1, 0.15) is 5.15 Å². The van der Waals surface area contributed by atoms with Crippen LogP contribution in [-0.2, 0) is 11.3 Å². The van der Waals surface area contributed by atoms with Gasteiger partial charge in [-0.15, -0.1) is 0 Å². The minimum absolute atomic E-state index is 0.166. The number of aromatic nitrogens is 1. The van der Waals surface area contributed by atoms with E-state index in [1.54, 1.807) is 12.3 Å². The second kappa shape index (κ2) is 4.62. The molecule has 0 amide bonds. The molecule has 0 saturated heterocycles. The molecule has 0 saturated carbocycles. The number of rotatable bonds is 3. The second-order valence-electron chi connectivity index (χ2n) is 2.11. The first-order valence-corrected chi connectivity index (χ1v) is 4.07. The highest BCUT2D eigenvalue weighted by molar-refractivity contribution is 6.34. The molecule has 1 aromatic rings. The standard InChI is InChI=1S/C7H8Cl2N2O/c8-6-1-7(9)11-2-5(6)3-12-4-10/h1-2H,3-4,10H2. The van der Waals surface area contributed by atoms with E-state index in [1.165, 1.54) is 0 Å².